The molecule has 0 unspecified atom stereocenters. The number of hydrogen-bond donors (Lipinski definition) is 0. The molecule has 1 aromatic carbocycles. The molecule has 19 heavy (non-hydrogen) atoms. The van der Waals surface area contributed by atoms with Crippen molar-refractivity contribution in [3.05, 3.63) is 51.6 Å². The average Bonchev–Trinajstić information content (AvgIpc) is 2.76. The zero-order valence-corrected chi connectivity index (χ0v) is 11.4. The molecular formula is C11H10BrFN4O2. The van der Waals surface area contributed by atoms with Crippen LogP contribution in [0, 0.1) is 15.9 Å². The Bertz CT molecular complexity index is 602. The predicted molar refractivity (Wildman–Crippen MR) is 69.7 cm³/mol. The number of rotatable bonds is 5. The largest absolute Gasteiger partial charge is 0.304 e. The molecule has 0 saturated heterocycles. The summed E-state index contributed by atoms with van der Waals surface area (Å²) in [5.74, 6) is -0.844. The van der Waals surface area contributed by atoms with Gasteiger partial charge in [-0.05, 0) is 11.6 Å². The second-order valence-corrected chi connectivity index (χ2v) is 4.68. The van der Waals surface area contributed by atoms with Crippen LogP contribution in [0.2, 0.25) is 0 Å². The molecule has 0 saturated carbocycles. The lowest BCUT2D eigenvalue weighted by atomic mass is 10.2. The third-order valence-electron chi connectivity index (χ3n) is 2.49. The Hall–Kier alpha value is -1.83. The second kappa shape index (κ2) is 5.87. The Morgan fingerprint density at radius 1 is 1.47 bits per heavy atom. The lowest BCUT2D eigenvalue weighted by Crippen LogP contribution is -2.02. The number of alkyl halides is 1. The number of halogens is 2. The van der Waals surface area contributed by atoms with Crippen molar-refractivity contribution in [2.45, 2.75) is 13.0 Å². The van der Waals surface area contributed by atoms with E-state index < -0.39 is 16.4 Å². The van der Waals surface area contributed by atoms with Crippen molar-refractivity contribution >= 4 is 21.6 Å². The molecule has 0 fully saturated rings. The van der Waals surface area contributed by atoms with Gasteiger partial charge in [-0.2, -0.15) is 4.39 Å². The molecule has 0 atom stereocenters. The summed E-state index contributed by atoms with van der Waals surface area (Å²) in [4.78, 5) is 9.75. The first kappa shape index (κ1) is 13.6. The van der Waals surface area contributed by atoms with Crippen molar-refractivity contribution in [2.24, 2.45) is 0 Å². The lowest BCUT2D eigenvalue weighted by molar-refractivity contribution is -0.387. The quantitative estimate of drug-likeness (QED) is 0.479. The highest BCUT2D eigenvalue weighted by molar-refractivity contribution is 9.09. The first-order valence-electron chi connectivity index (χ1n) is 5.48. The van der Waals surface area contributed by atoms with Crippen LogP contribution in [0.3, 0.4) is 0 Å². The van der Waals surface area contributed by atoms with Crippen LogP contribution in [0.1, 0.15) is 11.3 Å². The van der Waals surface area contributed by atoms with Gasteiger partial charge in [-0.25, -0.2) is 4.68 Å². The van der Waals surface area contributed by atoms with Gasteiger partial charge in [-0.15, -0.1) is 5.10 Å². The van der Waals surface area contributed by atoms with Crippen molar-refractivity contribution in [1.82, 2.24) is 15.0 Å². The summed E-state index contributed by atoms with van der Waals surface area (Å²) in [5.41, 5.74) is 0.903. The molecule has 0 aliphatic rings. The van der Waals surface area contributed by atoms with E-state index >= 15 is 0 Å². The minimum atomic E-state index is -0.844. The van der Waals surface area contributed by atoms with Gasteiger partial charge in [-0.3, -0.25) is 10.1 Å². The van der Waals surface area contributed by atoms with E-state index in [-0.39, 0.29) is 0 Å². The van der Waals surface area contributed by atoms with Crippen molar-refractivity contribution < 1.29 is 9.31 Å². The molecule has 1 heterocycles. The summed E-state index contributed by atoms with van der Waals surface area (Å²) in [6, 6.07) is 3.80. The Morgan fingerprint density at radius 3 is 2.89 bits per heavy atom. The minimum Gasteiger partial charge on any atom is -0.258 e. The fraction of sp³-hybridized carbons (Fsp3) is 0.273. The summed E-state index contributed by atoms with van der Waals surface area (Å²) in [5, 5.41) is 19.1. The van der Waals surface area contributed by atoms with E-state index in [1.165, 1.54) is 6.07 Å². The first-order chi connectivity index (χ1) is 9.10. The Kier molecular flexibility index (Phi) is 4.20. The maximum Gasteiger partial charge on any atom is 0.304 e. The topological polar surface area (TPSA) is 73.8 Å². The highest BCUT2D eigenvalue weighted by atomic mass is 79.9. The second-order valence-electron chi connectivity index (χ2n) is 3.89. The highest BCUT2D eigenvalue weighted by Crippen LogP contribution is 2.18. The van der Waals surface area contributed by atoms with Crippen LogP contribution in [-0.4, -0.2) is 25.2 Å². The van der Waals surface area contributed by atoms with Crippen LogP contribution in [0.25, 0.3) is 0 Å². The summed E-state index contributed by atoms with van der Waals surface area (Å²) in [6.07, 6.45) is 2.52. The van der Waals surface area contributed by atoms with Crippen LogP contribution >= 0.6 is 15.9 Å². The number of aromatic nitrogens is 3. The van der Waals surface area contributed by atoms with Crippen LogP contribution in [0.5, 0.6) is 0 Å². The molecule has 0 aliphatic heterocycles. The fourth-order valence-corrected chi connectivity index (χ4v) is 2.02. The smallest absolute Gasteiger partial charge is 0.258 e. The van der Waals surface area contributed by atoms with E-state index in [9.17, 15) is 14.5 Å². The summed E-state index contributed by atoms with van der Waals surface area (Å²) < 4.78 is 15.0. The van der Waals surface area contributed by atoms with Crippen LogP contribution in [-0.2, 0) is 13.0 Å². The van der Waals surface area contributed by atoms with Gasteiger partial charge in [0.25, 0.3) is 0 Å². The lowest BCUT2D eigenvalue weighted by Gasteiger charge is -2.01. The van der Waals surface area contributed by atoms with Gasteiger partial charge >= 0.3 is 5.69 Å². The molecule has 1 aromatic heterocycles. The zero-order valence-electron chi connectivity index (χ0n) is 9.79. The van der Waals surface area contributed by atoms with Crippen molar-refractivity contribution in [2.75, 3.05) is 5.33 Å². The van der Waals surface area contributed by atoms with Crippen molar-refractivity contribution in [3.8, 4) is 0 Å². The molecule has 6 nitrogen and oxygen atoms in total. The van der Waals surface area contributed by atoms with Gasteiger partial charge in [0.05, 0.1) is 17.2 Å². The summed E-state index contributed by atoms with van der Waals surface area (Å²) in [6.45, 7) is 0.324. The van der Waals surface area contributed by atoms with Crippen LogP contribution < -0.4 is 0 Å². The van der Waals surface area contributed by atoms with Gasteiger partial charge in [0.1, 0.15) is 0 Å². The monoisotopic (exact) mass is 328 g/mol. The van der Waals surface area contributed by atoms with E-state index in [1.807, 2.05) is 0 Å². The Balaban J connectivity index is 2.14. The van der Waals surface area contributed by atoms with Gasteiger partial charge < -0.3 is 0 Å². The number of aryl methyl sites for hydroxylation is 1. The van der Waals surface area contributed by atoms with Crippen molar-refractivity contribution in [1.29, 1.82) is 0 Å². The van der Waals surface area contributed by atoms with Crippen LogP contribution in [0.4, 0.5) is 10.1 Å². The maximum absolute atomic E-state index is 13.4. The molecule has 0 bridgehead atoms. The Labute approximate surface area is 116 Å². The molecule has 0 amide bonds. The molecule has 100 valence electrons. The predicted octanol–water partition coefficient (Wildman–Crippen LogP) is 2.31. The van der Waals surface area contributed by atoms with Gasteiger partial charge in [0.15, 0.2) is 0 Å². The van der Waals surface area contributed by atoms with Crippen LogP contribution in [0.15, 0.2) is 24.4 Å². The van der Waals surface area contributed by atoms with Crippen molar-refractivity contribution in [3.63, 3.8) is 0 Å². The summed E-state index contributed by atoms with van der Waals surface area (Å²) >= 11 is 3.30. The number of benzene rings is 1. The fourth-order valence-electron chi connectivity index (χ4n) is 1.61. The number of hydrogen-bond acceptors (Lipinski definition) is 4. The van der Waals surface area contributed by atoms with E-state index in [0.29, 0.717) is 12.1 Å². The third kappa shape index (κ3) is 3.34. The average molecular weight is 329 g/mol. The molecule has 0 aliphatic carbocycles. The molecule has 2 rings (SSSR count). The molecular weight excluding hydrogens is 319 g/mol. The molecule has 0 N–H and O–H groups in total. The number of nitro benzene ring substituents is 1. The molecule has 0 radical (unpaired) electrons. The molecule has 0 spiro atoms. The van der Waals surface area contributed by atoms with E-state index in [0.717, 1.165) is 29.6 Å². The zero-order chi connectivity index (χ0) is 13.8. The maximum atomic E-state index is 13.4. The molecule has 2 aromatic rings. The van der Waals surface area contributed by atoms with Gasteiger partial charge in [0, 0.05) is 24.0 Å². The van der Waals surface area contributed by atoms with E-state index in [2.05, 4.69) is 26.2 Å². The normalized spacial score (nSPS) is 10.6. The first-order valence-corrected chi connectivity index (χ1v) is 6.60. The van der Waals surface area contributed by atoms with E-state index in [4.69, 9.17) is 0 Å². The standard InChI is InChI=1S/C11H10BrFN4O2/c12-4-3-9-7-16(15-14-9)6-8-1-2-11(17(18)19)10(13)5-8/h1-2,5,7H,3-4,6H2. The SMILES string of the molecule is O=[N+]([O-])c1ccc(Cn2cc(CCBr)nn2)cc1F. The van der Waals surface area contributed by atoms with E-state index in [1.54, 1.807) is 10.9 Å². The highest BCUT2D eigenvalue weighted by Gasteiger charge is 2.14. The number of nitro groups is 1. The van der Waals surface area contributed by atoms with Gasteiger partial charge in [0.2, 0.25) is 5.82 Å². The Morgan fingerprint density at radius 2 is 2.26 bits per heavy atom. The third-order valence-corrected chi connectivity index (χ3v) is 2.89. The van der Waals surface area contributed by atoms with Gasteiger partial charge in [-0.1, -0.05) is 27.2 Å². The molecule has 8 heteroatoms. The minimum absolute atomic E-state index is 0.324. The number of nitrogens with zero attached hydrogens (tertiary/aromatic N) is 4. The summed E-state index contributed by atoms with van der Waals surface area (Å²) in [7, 11) is 0.